The summed E-state index contributed by atoms with van der Waals surface area (Å²) < 4.78 is 18.7. The number of nitrogens with two attached hydrogens (primary N) is 2. The molecule has 1 aromatic heterocycles. The number of hydrogen-bond donors (Lipinski definition) is 2. The third-order valence-electron chi connectivity index (χ3n) is 6.20. The van der Waals surface area contributed by atoms with Gasteiger partial charge in [-0.2, -0.15) is 0 Å². The van der Waals surface area contributed by atoms with Gasteiger partial charge in [0.25, 0.3) is 0 Å². The summed E-state index contributed by atoms with van der Waals surface area (Å²) in [4.78, 5) is 8.87. The van der Waals surface area contributed by atoms with Gasteiger partial charge in [-0.1, -0.05) is 25.5 Å². The zero-order valence-corrected chi connectivity index (χ0v) is 24.1. The Kier molecular flexibility index (Phi) is 9.48. The standard InChI is InChI=1S/C33H40N4O3/c1-6-7-11-31(38-27-15-12-23(13-16-27)32(34)36-21(2)3)39-28-10-8-9-24(19-28)30-20-26-18-25(14-17-29(26)40-30)33(35)37-22(4)5/h8-10,12-22,31H,6-7,11H2,1-5H3,(H2,34,36)(H2,35,37). The molecule has 0 aliphatic carbocycles. The lowest BCUT2D eigenvalue weighted by Gasteiger charge is -2.21. The molecule has 0 bridgehead atoms. The Balaban J connectivity index is 1.52. The molecule has 0 amide bonds. The number of ether oxygens (including phenoxy) is 2. The summed E-state index contributed by atoms with van der Waals surface area (Å²) in [5.41, 5.74) is 15.7. The summed E-state index contributed by atoms with van der Waals surface area (Å²) in [5, 5.41) is 0.965. The van der Waals surface area contributed by atoms with Crippen LogP contribution in [0.1, 0.15) is 65.0 Å². The number of hydrogen-bond acceptors (Lipinski definition) is 5. The Morgan fingerprint density at radius 3 is 2.10 bits per heavy atom. The van der Waals surface area contributed by atoms with Crippen LogP contribution in [0, 0.1) is 0 Å². The predicted molar refractivity (Wildman–Crippen MR) is 164 cm³/mol. The highest BCUT2D eigenvalue weighted by Crippen LogP contribution is 2.31. The summed E-state index contributed by atoms with van der Waals surface area (Å²) in [6.07, 6.45) is 2.33. The highest BCUT2D eigenvalue weighted by atomic mass is 16.7. The van der Waals surface area contributed by atoms with Crippen LogP contribution >= 0.6 is 0 Å². The molecular weight excluding hydrogens is 500 g/mol. The Morgan fingerprint density at radius 1 is 0.775 bits per heavy atom. The molecular formula is C33H40N4O3. The largest absolute Gasteiger partial charge is 0.456 e. The third-order valence-corrected chi connectivity index (χ3v) is 6.20. The molecule has 4 rings (SSSR count). The van der Waals surface area contributed by atoms with Crippen molar-refractivity contribution in [1.29, 1.82) is 0 Å². The summed E-state index contributed by atoms with van der Waals surface area (Å²) in [7, 11) is 0. The van der Waals surface area contributed by atoms with Crippen molar-refractivity contribution in [2.45, 2.75) is 72.3 Å². The molecule has 40 heavy (non-hydrogen) atoms. The molecule has 0 spiro atoms. The van der Waals surface area contributed by atoms with Gasteiger partial charge in [0.15, 0.2) is 0 Å². The summed E-state index contributed by atoms with van der Waals surface area (Å²) >= 11 is 0. The minimum absolute atomic E-state index is 0.130. The van der Waals surface area contributed by atoms with Gasteiger partial charge >= 0.3 is 0 Å². The van der Waals surface area contributed by atoms with Crippen molar-refractivity contribution >= 4 is 22.6 Å². The van der Waals surface area contributed by atoms with E-state index < -0.39 is 6.29 Å². The van der Waals surface area contributed by atoms with Gasteiger partial charge in [0.05, 0.1) is 0 Å². The van der Waals surface area contributed by atoms with Crippen LogP contribution < -0.4 is 20.9 Å². The summed E-state index contributed by atoms with van der Waals surface area (Å²) in [6, 6.07) is 23.7. The molecule has 1 atom stereocenters. The second kappa shape index (κ2) is 13.2. The molecule has 0 radical (unpaired) electrons. The van der Waals surface area contributed by atoms with E-state index in [0.717, 1.165) is 52.7 Å². The predicted octanol–water partition coefficient (Wildman–Crippen LogP) is 7.30. The molecule has 0 aliphatic heterocycles. The number of amidine groups is 2. The summed E-state index contributed by atoms with van der Waals surface area (Å²) in [5.74, 6) is 3.21. The monoisotopic (exact) mass is 540 g/mol. The first-order valence-corrected chi connectivity index (χ1v) is 14.0. The normalized spacial score (nSPS) is 13.3. The van der Waals surface area contributed by atoms with E-state index in [1.54, 1.807) is 0 Å². The lowest BCUT2D eigenvalue weighted by Crippen LogP contribution is -2.24. The SMILES string of the molecule is CCCCC(Oc1ccc(C(N)=NC(C)C)cc1)Oc1cccc(-c2cc3cc(C(N)=NC(C)C)ccc3o2)c1. The highest BCUT2D eigenvalue weighted by molar-refractivity contribution is 6.01. The Hall–Kier alpha value is -4.26. The molecule has 0 saturated heterocycles. The van der Waals surface area contributed by atoms with Crippen molar-refractivity contribution < 1.29 is 13.9 Å². The molecule has 0 fully saturated rings. The minimum Gasteiger partial charge on any atom is -0.456 e. The second-order valence-electron chi connectivity index (χ2n) is 10.4. The lowest BCUT2D eigenvalue weighted by atomic mass is 10.1. The Morgan fingerprint density at radius 2 is 1.43 bits per heavy atom. The maximum absolute atomic E-state index is 6.33. The fourth-order valence-electron chi connectivity index (χ4n) is 4.29. The maximum atomic E-state index is 6.33. The third kappa shape index (κ3) is 7.65. The van der Waals surface area contributed by atoms with Crippen LogP contribution in [0.2, 0.25) is 0 Å². The van der Waals surface area contributed by atoms with Crippen LogP contribution in [0.4, 0.5) is 0 Å². The average molecular weight is 541 g/mol. The van der Waals surface area contributed by atoms with Crippen molar-refractivity contribution in [2.75, 3.05) is 0 Å². The van der Waals surface area contributed by atoms with Crippen LogP contribution in [-0.2, 0) is 0 Å². The number of aliphatic imine (C=N–C) groups is 2. The zero-order chi connectivity index (χ0) is 28.6. The topological polar surface area (TPSA) is 108 Å². The van der Waals surface area contributed by atoms with E-state index >= 15 is 0 Å². The van der Waals surface area contributed by atoms with Crippen LogP contribution in [0.5, 0.6) is 11.5 Å². The Labute approximate surface area is 236 Å². The van der Waals surface area contributed by atoms with Crippen molar-refractivity contribution in [1.82, 2.24) is 0 Å². The van der Waals surface area contributed by atoms with Gasteiger partial charge in [0, 0.05) is 40.6 Å². The molecule has 4 aromatic rings. The van der Waals surface area contributed by atoms with Crippen molar-refractivity contribution in [3.8, 4) is 22.8 Å². The van der Waals surface area contributed by atoms with Gasteiger partial charge in [0.2, 0.25) is 6.29 Å². The van der Waals surface area contributed by atoms with E-state index in [9.17, 15) is 0 Å². The van der Waals surface area contributed by atoms with Crippen LogP contribution in [0.25, 0.3) is 22.3 Å². The van der Waals surface area contributed by atoms with Gasteiger partial charge in [0.1, 0.15) is 34.5 Å². The van der Waals surface area contributed by atoms with E-state index in [4.69, 9.17) is 25.4 Å². The first-order valence-electron chi connectivity index (χ1n) is 14.0. The second-order valence-corrected chi connectivity index (χ2v) is 10.4. The van der Waals surface area contributed by atoms with Crippen LogP contribution in [0.3, 0.4) is 0 Å². The van der Waals surface area contributed by atoms with Crippen molar-refractivity contribution in [3.05, 3.63) is 83.9 Å². The van der Waals surface area contributed by atoms with Gasteiger partial charge in [-0.25, -0.2) is 0 Å². The van der Waals surface area contributed by atoms with Crippen LogP contribution in [-0.4, -0.2) is 30.0 Å². The van der Waals surface area contributed by atoms with Crippen LogP contribution in [0.15, 0.2) is 87.2 Å². The van der Waals surface area contributed by atoms with E-state index in [1.807, 2.05) is 100 Å². The smallest absolute Gasteiger partial charge is 0.241 e. The van der Waals surface area contributed by atoms with E-state index in [1.165, 1.54) is 0 Å². The van der Waals surface area contributed by atoms with E-state index in [2.05, 4.69) is 16.9 Å². The molecule has 4 N–H and O–H groups in total. The summed E-state index contributed by atoms with van der Waals surface area (Å²) in [6.45, 7) is 10.2. The molecule has 7 heteroatoms. The fraction of sp³-hybridized carbons (Fsp3) is 0.333. The molecule has 7 nitrogen and oxygen atoms in total. The van der Waals surface area contributed by atoms with Crippen molar-refractivity contribution in [2.24, 2.45) is 21.5 Å². The van der Waals surface area contributed by atoms with E-state index in [0.29, 0.717) is 23.2 Å². The number of furan rings is 1. The first kappa shape index (κ1) is 28.7. The van der Waals surface area contributed by atoms with E-state index in [-0.39, 0.29) is 12.1 Å². The Bertz CT molecular complexity index is 1470. The zero-order valence-electron chi connectivity index (χ0n) is 24.1. The van der Waals surface area contributed by atoms with Gasteiger partial charge in [-0.3, -0.25) is 9.98 Å². The number of fused-ring (bicyclic) bond motifs is 1. The quantitative estimate of drug-likeness (QED) is 0.111. The highest BCUT2D eigenvalue weighted by Gasteiger charge is 2.15. The number of rotatable bonds is 12. The first-order chi connectivity index (χ1) is 19.2. The number of benzene rings is 3. The van der Waals surface area contributed by atoms with Crippen molar-refractivity contribution in [3.63, 3.8) is 0 Å². The number of unbranched alkanes of at least 4 members (excludes halogenated alkanes) is 1. The molecule has 1 unspecified atom stereocenters. The average Bonchev–Trinajstić information content (AvgIpc) is 3.35. The lowest BCUT2D eigenvalue weighted by molar-refractivity contribution is -0.00209. The molecule has 1 heterocycles. The maximum Gasteiger partial charge on any atom is 0.241 e. The van der Waals surface area contributed by atoms with Gasteiger partial charge < -0.3 is 25.4 Å². The molecule has 210 valence electrons. The van der Waals surface area contributed by atoms with Gasteiger partial charge in [-0.05, 0) is 94.8 Å². The molecule has 0 saturated carbocycles. The molecule has 0 aliphatic rings. The molecule has 3 aromatic carbocycles. The fourth-order valence-corrected chi connectivity index (χ4v) is 4.29. The minimum atomic E-state index is -0.441. The number of nitrogens with zero attached hydrogens (tertiary/aromatic N) is 2. The van der Waals surface area contributed by atoms with Gasteiger partial charge in [-0.15, -0.1) is 0 Å².